The molecule has 6 aromatic heterocycles. The van der Waals surface area contributed by atoms with Crippen LogP contribution in [0.3, 0.4) is 0 Å². The van der Waals surface area contributed by atoms with Gasteiger partial charge in [-0.05, 0) is 43.5 Å². The highest BCUT2D eigenvalue weighted by Crippen LogP contribution is 2.35. The van der Waals surface area contributed by atoms with Gasteiger partial charge in [0.15, 0.2) is 11.3 Å². The van der Waals surface area contributed by atoms with Gasteiger partial charge < -0.3 is 34.9 Å². The molecular weight excluding hydrogens is 660 g/mol. The third-order valence-corrected chi connectivity index (χ3v) is 10.3. The summed E-state index contributed by atoms with van der Waals surface area (Å²) in [5, 5.41) is 3.62. The molecule has 16 nitrogen and oxygen atoms in total. The zero-order valence-electron chi connectivity index (χ0n) is 29.2. The summed E-state index contributed by atoms with van der Waals surface area (Å²) in [5.41, 5.74) is 12.2. The Morgan fingerprint density at radius 2 is 1.33 bits per heavy atom. The number of nitrogens with two attached hydrogens (primary N) is 1. The standard InChI is InChI=1S/C36H42N14O2/c1-2-28(50-22-41-32-29(23-7-9-26(37)38-19-23)43-36(46-34(32)50)48-13-17-52-18-14-48)42-27-10-8-24(20-39-27)30-31-33(49(21-40-31)25-5-3-4-6-25)45-35(44-30)47-11-15-51-16-12-47/h7-10,19-22,25,28H,2-6,11-18H2,1H3,(H2,37,38)(H,39,42). The largest absolute Gasteiger partial charge is 0.384 e. The molecule has 0 amide bonds. The van der Waals surface area contributed by atoms with Crippen molar-refractivity contribution in [3.05, 3.63) is 49.3 Å². The van der Waals surface area contributed by atoms with Crippen LogP contribution in [0.25, 0.3) is 44.8 Å². The summed E-state index contributed by atoms with van der Waals surface area (Å²) >= 11 is 0. The third kappa shape index (κ3) is 6.11. The highest BCUT2D eigenvalue weighted by molar-refractivity contribution is 5.89. The molecule has 0 aromatic carbocycles. The first-order chi connectivity index (χ1) is 25.6. The van der Waals surface area contributed by atoms with Gasteiger partial charge in [-0.3, -0.25) is 4.57 Å². The maximum absolute atomic E-state index is 5.91. The van der Waals surface area contributed by atoms with Crippen LogP contribution in [-0.2, 0) is 9.47 Å². The first-order valence-corrected chi connectivity index (χ1v) is 18.2. The van der Waals surface area contributed by atoms with Gasteiger partial charge >= 0.3 is 0 Å². The van der Waals surface area contributed by atoms with Gasteiger partial charge in [0.05, 0.1) is 39.1 Å². The van der Waals surface area contributed by atoms with E-state index in [1.807, 2.05) is 31.0 Å². The van der Waals surface area contributed by atoms with E-state index in [1.165, 1.54) is 12.8 Å². The number of nitrogens with one attached hydrogen (secondary N) is 1. The van der Waals surface area contributed by atoms with E-state index in [0.29, 0.717) is 74.5 Å². The molecule has 8 heterocycles. The van der Waals surface area contributed by atoms with Crippen molar-refractivity contribution in [1.29, 1.82) is 0 Å². The Bertz CT molecular complexity index is 2170. The maximum atomic E-state index is 5.91. The molecule has 1 saturated carbocycles. The minimum absolute atomic E-state index is 0.186. The molecular formula is C36H42N14O2. The summed E-state index contributed by atoms with van der Waals surface area (Å²) in [6, 6.07) is 8.15. The van der Waals surface area contributed by atoms with E-state index < -0.39 is 0 Å². The number of aromatic nitrogens is 10. The lowest BCUT2D eigenvalue weighted by Gasteiger charge is -2.27. The predicted octanol–water partition coefficient (Wildman–Crippen LogP) is 4.48. The lowest BCUT2D eigenvalue weighted by molar-refractivity contribution is 0.122. The fourth-order valence-electron chi connectivity index (χ4n) is 7.40. The molecule has 3 fully saturated rings. The van der Waals surface area contributed by atoms with Crippen molar-refractivity contribution in [3.8, 4) is 22.5 Å². The second-order valence-electron chi connectivity index (χ2n) is 13.5. The van der Waals surface area contributed by atoms with E-state index in [9.17, 15) is 0 Å². The second kappa shape index (κ2) is 13.9. The van der Waals surface area contributed by atoms with E-state index >= 15 is 0 Å². The van der Waals surface area contributed by atoms with Gasteiger partial charge in [0, 0.05) is 55.7 Å². The van der Waals surface area contributed by atoms with Gasteiger partial charge in [-0.25, -0.2) is 29.9 Å². The number of hydrogen-bond acceptors (Lipinski definition) is 14. The zero-order valence-corrected chi connectivity index (χ0v) is 29.2. The second-order valence-corrected chi connectivity index (χ2v) is 13.5. The number of pyridine rings is 2. The van der Waals surface area contributed by atoms with E-state index in [1.54, 1.807) is 12.3 Å². The monoisotopic (exact) mass is 702 g/mol. The van der Waals surface area contributed by atoms with Crippen LogP contribution >= 0.6 is 0 Å². The first kappa shape index (κ1) is 32.4. The SMILES string of the molecule is CCC(Nc1ccc(-c2nc(N3CCOCC3)nc3c2ncn3C2CCCC2)cn1)n1cnc2c(-c3ccc(N)nc3)nc(N3CCOCC3)nc21. The Balaban J connectivity index is 1.05. The van der Waals surface area contributed by atoms with Crippen molar-refractivity contribution in [1.82, 2.24) is 49.0 Å². The minimum Gasteiger partial charge on any atom is -0.384 e. The maximum Gasteiger partial charge on any atom is 0.228 e. The van der Waals surface area contributed by atoms with Crippen LogP contribution < -0.4 is 20.9 Å². The number of fused-ring (bicyclic) bond motifs is 2. The molecule has 2 saturated heterocycles. The van der Waals surface area contributed by atoms with Crippen LogP contribution in [0.4, 0.5) is 23.5 Å². The molecule has 0 spiro atoms. The molecule has 268 valence electrons. The normalized spacial score (nSPS) is 17.7. The zero-order chi connectivity index (χ0) is 35.0. The fraction of sp³-hybridized carbons (Fsp3) is 0.444. The summed E-state index contributed by atoms with van der Waals surface area (Å²) in [5.74, 6) is 2.50. The fourth-order valence-corrected chi connectivity index (χ4v) is 7.40. The number of morpholine rings is 2. The number of nitrogens with zero attached hydrogens (tertiary/aromatic N) is 12. The van der Waals surface area contributed by atoms with Crippen LogP contribution in [0.5, 0.6) is 0 Å². The first-order valence-electron chi connectivity index (χ1n) is 18.2. The average molecular weight is 703 g/mol. The molecule has 1 atom stereocenters. The summed E-state index contributed by atoms with van der Waals surface area (Å²) in [6.07, 6.45) is 12.7. The van der Waals surface area contributed by atoms with Gasteiger partial charge in [-0.15, -0.1) is 0 Å². The molecule has 6 aromatic rings. The highest BCUT2D eigenvalue weighted by Gasteiger charge is 2.26. The Morgan fingerprint density at radius 1 is 0.731 bits per heavy atom. The van der Waals surface area contributed by atoms with Gasteiger partial charge in [0.2, 0.25) is 11.9 Å². The molecule has 1 unspecified atom stereocenters. The molecule has 52 heavy (non-hydrogen) atoms. The van der Waals surface area contributed by atoms with Gasteiger partial charge in [-0.1, -0.05) is 19.8 Å². The van der Waals surface area contributed by atoms with E-state index in [4.69, 9.17) is 50.1 Å². The number of nitrogen functional groups attached to an aromatic ring is 1. The van der Waals surface area contributed by atoms with E-state index in [2.05, 4.69) is 42.2 Å². The number of imidazole rings is 2. The molecule has 16 heteroatoms. The van der Waals surface area contributed by atoms with Crippen molar-refractivity contribution in [2.75, 3.05) is 73.5 Å². The molecule has 3 aliphatic rings. The van der Waals surface area contributed by atoms with E-state index in [0.717, 1.165) is 71.8 Å². The summed E-state index contributed by atoms with van der Waals surface area (Å²) in [7, 11) is 0. The van der Waals surface area contributed by atoms with E-state index in [-0.39, 0.29) is 6.17 Å². The molecule has 2 aliphatic heterocycles. The number of ether oxygens (including phenoxy) is 2. The molecule has 0 radical (unpaired) electrons. The molecule has 9 rings (SSSR count). The highest BCUT2D eigenvalue weighted by atomic mass is 16.5. The van der Waals surface area contributed by atoms with Crippen molar-refractivity contribution >= 4 is 45.9 Å². The summed E-state index contributed by atoms with van der Waals surface area (Å²) in [4.78, 5) is 43.4. The van der Waals surface area contributed by atoms with Crippen molar-refractivity contribution < 1.29 is 9.47 Å². The van der Waals surface area contributed by atoms with Crippen LogP contribution in [0.15, 0.2) is 49.3 Å². The minimum atomic E-state index is -0.186. The number of hydrogen-bond donors (Lipinski definition) is 2. The smallest absolute Gasteiger partial charge is 0.228 e. The van der Waals surface area contributed by atoms with Crippen molar-refractivity contribution in [3.63, 3.8) is 0 Å². The number of anilines is 4. The van der Waals surface area contributed by atoms with Crippen LogP contribution in [0.1, 0.15) is 51.2 Å². The van der Waals surface area contributed by atoms with Gasteiger partial charge in [0.25, 0.3) is 0 Å². The quantitative estimate of drug-likeness (QED) is 0.216. The lowest BCUT2D eigenvalue weighted by Crippen LogP contribution is -2.37. The lowest BCUT2D eigenvalue weighted by atomic mass is 10.1. The van der Waals surface area contributed by atoms with Crippen molar-refractivity contribution in [2.24, 2.45) is 0 Å². The summed E-state index contributed by atoms with van der Waals surface area (Å²) < 4.78 is 15.5. The van der Waals surface area contributed by atoms with Crippen molar-refractivity contribution in [2.45, 2.75) is 51.2 Å². The predicted molar refractivity (Wildman–Crippen MR) is 198 cm³/mol. The molecule has 3 N–H and O–H groups in total. The Labute approximate surface area is 300 Å². The molecule has 1 aliphatic carbocycles. The van der Waals surface area contributed by atoms with Crippen LogP contribution in [0.2, 0.25) is 0 Å². The van der Waals surface area contributed by atoms with Crippen LogP contribution in [-0.4, -0.2) is 102 Å². The Kier molecular flexibility index (Phi) is 8.68. The van der Waals surface area contributed by atoms with Crippen LogP contribution in [0, 0.1) is 0 Å². The number of rotatable bonds is 9. The average Bonchev–Trinajstić information content (AvgIpc) is 3.98. The summed E-state index contributed by atoms with van der Waals surface area (Å²) in [6.45, 7) is 7.60. The Hall–Kier alpha value is -5.48. The molecule has 0 bridgehead atoms. The topological polar surface area (TPSA) is 176 Å². The van der Waals surface area contributed by atoms with Gasteiger partial charge in [-0.2, -0.15) is 9.97 Å². The third-order valence-electron chi connectivity index (χ3n) is 10.3. The Morgan fingerprint density at radius 3 is 1.92 bits per heavy atom. The van der Waals surface area contributed by atoms with Gasteiger partial charge in [0.1, 0.15) is 40.2 Å².